The van der Waals surface area contributed by atoms with Gasteiger partial charge in [-0.05, 0) is 87.0 Å². The topological polar surface area (TPSA) is 25.8 Å². The molecule has 48 heavy (non-hydrogen) atoms. The van der Waals surface area contributed by atoms with Crippen LogP contribution in [0.25, 0.3) is 45.0 Å². The number of alkyl halides is 3. The standard InChI is InChI=1S/C43H35F3N2/c1-40(2)30-12-8-6-10-26(30)28-16-14-24(22-34(28)40)36-20-18-32-38(47-36)39-33(42(32,5)43(44,45)46)19-21-37(48-39)25-15-17-29-27-11-7-9-13-31(27)41(3,4)35(29)23-25/h6-23,26,30H,1-5H3. The van der Waals surface area contributed by atoms with Crippen LogP contribution in [0.5, 0.6) is 0 Å². The van der Waals surface area contributed by atoms with Gasteiger partial charge in [-0.25, -0.2) is 9.97 Å². The fourth-order valence-electron chi connectivity index (χ4n) is 9.06. The van der Waals surface area contributed by atoms with Crippen LogP contribution in [0.1, 0.15) is 73.9 Å². The van der Waals surface area contributed by atoms with Gasteiger partial charge in [0.1, 0.15) is 5.41 Å². The monoisotopic (exact) mass is 636 g/mol. The minimum absolute atomic E-state index is 0.0856. The first-order valence-corrected chi connectivity index (χ1v) is 16.7. The third-order valence-electron chi connectivity index (χ3n) is 11.9. The Morgan fingerprint density at radius 2 is 1.17 bits per heavy atom. The van der Waals surface area contributed by atoms with Crippen LogP contribution in [0.2, 0.25) is 0 Å². The van der Waals surface area contributed by atoms with E-state index in [1.165, 1.54) is 40.3 Å². The van der Waals surface area contributed by atoms with Crippen LogP contribution >= 0.6 is 0 Å². The molecule has 238 valence electrons. The largest absolute Gasteiger partial charge is 0.402 e. The van der Waals surface area contributed by atoms with Crippen LogP contribution in [0.15, 0.2) is 109 Å². The van der Waals surface area contributed by atoms with Crippen LogP contribution in [-0.4, -0.2) is 16.1 Å². The van der Waals surface area contributed by atoms with Gasteiger partial charge in [0.25, 0.3) is 0 Å². The van der Waals surface area contributed by atoms with Gasteiger partial charge in [-0.2, -0.15) is 13.2 Å². The average Bonchev–Trinajstić information content (AvgIpc) is 3.58. The number of fused-ring (bicyclic) bond motifs is 9. The van der Waals surface area contributed by atoms with Crippen molar-refractivity contribution in [3.63, 3.8) is 0 Å². The summed E-state index contributed by atoms with van der Waals surface area (Å²) >= 11 is 0. The van der Waals surface area contributed by atoms with Gasteiger partial charge in [0.15, 0.2) is 0 Å². The summed E-state index contributed by atoms with van der Waals surface area (Å²) in [5, 5.41) is 0. The molecule has 0 saturated heterocycles. The van der Waals surface area contributed by atoms with Gasteiger partial charge in [-0.3, -0.25) is 0 Å². The first-order chi connectivity index (χ1) is 22.8. The molecule has 3 atom stereocenters. The predicted molar refractivity (Wildman–Crippen MR) is 186 cm³/mol. The van der Waals surface area contributed by atoms with Gasteiger partial charge >= 0.3 is 6.18 Å². The number of nitrogens with zero attached hydrogens (tertiary/aromatic N) is 2. The van der Waals surface area contributed by atoms with Crippen LogP contribution in [0, 0.1) is 5.92 Å². The van der Waals surface area contributed by atoms with Gasteiger partial charge in [0.2, 0.25) is 0 Å². The normalized spacial score (nSPS) is 23.2. The highest BCUT2D eigenvalue weighted by Gasteiger charge is 2.59. The Hall–Kier alpha value is -4.77. The van der Waals surface area contributed by atoms with Crippen molar-refractivity contribution in [3.8, 4) is 45.0 Å². The van der Waals surface area contributed by atoms with Crippen molar-refractivity contribution in [2.45, 2.75) is 63.0 Å². The summed E-state index contributed by atoms with van der Waals surface area (Å²) in [6.45, 7) is 10.2. The maximum Gasteiger partial charge on any atom is 0.402 e. The van der Waals surface area contributed by atoms with Crippen molar-refractivity contribution in [1.29, 1.82) is 0 Å². The maximum atomic E-state index is 15.0. The van der Waals surface area contributed by atoms with Crippen LogP contribution in [-0.2, 0) is 16.2 Å². The maximum absolute atomic E-state index is 15.0. The lowest BCUT2D eigenvalue weighted by atomic mass is 9.74. The van der Waals surface area contributed by atoms with E-state index < -0.39 is 11.6 Å². The summed E-state index contributed by atoms with van der Waals surface area (Å²) in [5.41, 5.74) is 8.87. The molecule has 0 bridgehead atoms. The zero-order valence-electron chi connectivity index (χ0n) is 27.6. The van der Waals surface area contributed by atoms with Crippen LogP contribution in [0.4, 0.5) is 13.2 Å². The highest BCUT2D eigenvalue weighted by molar-refractivity contribution is 5.84. The second kappa shape index (κ2) is 9.43. The van der Waals surface area contributed by atoms with E-state index in [0.29, 0.717) is 34.6 Å². The lowest BCUT2D eigenvalue weighted by Gasteiger charge is -2.29. The molecule has 2 heterocycles. The van der Waals surface area contributed by atoms with Gasteiger partial charge in [0.05, 0.1) is 22.8 Å². The number of halogens is 3. The summed E-state index contributed by atoms with van der Waals surface area (Å²) in [6.07, 6.45) is 4.26. The third kappa shape index (κ3) is 3.70. The van der Waals surface area contributed by atoms with Crippen molar-refractivity contribution < 1.29 is 13.2 Å². The lowest BCUT2D eigenvalue weighted by Crippen LogP contribution is -2.38. The summed E-state index contributed by atoms with van der Waals surface area (Å²) in [5.74, 6) is 0.685. The van der Waals surface area contributed by atoms with Gasteiger partial charge in [-0.15, -0.1) is 0 Å². The minimum atomic E-state index is -4.53. The predicted octanol–water partition coefficient (Wildman–Crippen LogP) is 11.1. The Morgan fingerprint density at radius 1 is 0.583 bits per heavy atom. The molecule has 0 fully saturated rings. The van der Waals surface area contributed by atoms with Gasteiger partial charge in [0, 0.05) is 22.5 Å². The highest BCUT2D eigenvalue weighted by atomic mass is 19.4. The van der Waals surface area contributed by atoms with Gasteiger partial charge < -0.3 is 0 Å². The number of rotatable bonds is 2. The molecule has 4 aliphatic rings. The molecule has 3 unspecified atom stereocenters. The molecular weight excluding hydrogens is 601 g/mol. The number of aromatic nitrogens is 2. The summed E-state index contributed by atoms with van der Waals surface area (Å²) < 4.78 is 45.1. The van der Waals surface area contributed by atoms with Crippen LogP contribution < -0.4 is 0 Å². The molecular formula is C43H35F3N2. The number of hydrogen-bond acceptors (Lipinski definition) is 2. The molecule has 0 spiro atoms. The molecule has 5 heteroatoms. The Morgan fingerprint density at radius 3 is 1.83 bits per heavy atom. The van der Waals surface area contributed by atoms with E-state index in [-0.39, 0.29) is 22.0 Å². The second-order valence-corrected chi connectivity index (χ2v) is 15.1. The van der Waals surface area contributed by atoms with Crippen molar-refractivity contribution in [3.05, 3.63) is 143 Å². The van der Waals surface area contributed by atoms with E-state index in [2.05, 4.69) is 107 Å². The quantitative estimate of drug-likeness (QED) is 0.193. The molecule has 0 aliphatic heterocycles. The third-order valence-corrected chi connectivity index (χ3v) is 11.9. The molecule has 9 rings (SSSR count). The van der Waals surface area contributed by atoms with E-state index in [0.717, 1.165) is 11.1 Å². The zero-order valence-corrected chi connectivity index (χ0v) is 27.6. The molecule has 2 aromatic heterocycles. The number of benzene rings is 3. The lowest BCUT2D eigenvalue weighted by molar-refractivity contribution is -0.172. The van der Waals surface area contributed by atoms with Crippen LogP contribution in [0.3, 0.4) is 0 Å². The summed E-state index contributed by atoms with van der Waals surface area (Å²) in [7, 11) is 0. The molecule has 0 radical (unpaired) electrons. The first kappa shape index (κ1) is 29.4. The number of pyridine rings is 2. The fraction of sp³-hybridized carbons (Fsp3) is 0.256. The molecule has 0 saturated carbocycles. The summed E-state index contributed by atoms with van der Waals surface area (Å²) in [4.78, 5) is 9.97. The van der Waals surface area contributed by atoms with E-state index in [1.807, 2.05) is 6.07 Å². The van der Waals surface area contributed by atoms with Crippen molar-refractivity contribution in [2.75, 3.05) is 0 Å². The van der Waals surface area contributed by atoms with E-state index in [1.54, 1.807) is 24.3 Å². The van der Waals surface area contributed by atoms with Crippen molar-refractivity contribution in [1.82, 2.24) is 9.97 Å². The minimum Gasteiger partial charge on any atom is -0.246 e. The fourth-order valence-corrected chi connectivity index (χ4v) is 9.06. The molecule has 0 N–H and O–H groups in total. The summed E-state index contributed by atoms with van der Waals surface area (Å²) in [6, 6.07) is 27.9. The molecule has 4 aliphatic carbocycles. The number of allylic oxidation sites excluding steroid dienone is 4. The first-order valence-electron chi connectivity index (χ1n) is 16.7. The molecule has 2 nitrogen and oxygen atoms in total. The molecule has 3 aromatic carbocycles. The Kier molecular flexibility index (Phi) is 5.77. The number of hydrogen-bond donors (Lipinski definition) is 0. The Labute approximate surface area is 279 Å². The second-order valence-electron chi connectivity index (χ2n) is 15.1. The Bertz CT molecular complexity index is 2270. The molecule has 5 aromatic rings. The average molecular weight is 637 g/mol. The van der Waals surface area contributed by atoms with E-state index >= 15 is 13.2 Å². The molecule has 0 amide bonds. The zero-order chi connectivity index (χ0) is 33.4. The van der Waals surface area contributed by atoms with E-state index in [9.17, 15) is 0 Å². The Balaban J connectivity index is 1.18. The highest BCUT2D eigenvalue weighted by Crippen LogP contribution is 2.57. The SMILES string of the molecule is CC1(C)c2ccccc2-c2ccc(-c3ccc4c(n3)-c3nc(-c5ccc6c(c5)C(C)(C)C5C=CC=CC65)ccc3C4(C)C(F)(F)F)cc21. The smallest absolute Gasteiger partial charge is 0.246 e. The van der Waals surface area contributed by atoms with Crippen molar-refractivity contribution in [2.24, 2.45) is 5.92 Å². The van der Waals surface area contributed by atoms with Crippen molar-refractivity contribution >= 4 is 0 Å². The van der Waals surface area contributed by atoms with Gasteiger partial charge in [-0.1, -0.05) is 113 Å². The van der Waals surface area contributed by atoms with E-state index in [4.69, 9.17) is 9.97 Å².